The highest BCUT2D eigenvalue weighted by Crippen LogP contribution is 2.33. The highest BCUT2D eigenvalue weighted by atomic mass is 19.4. The van der Waals surface area contributed by atoms with Crippen molar-refractivity contribution >= 4 is 5.69 Å². The van der Waals surface area contributed by atoms with Gasteiger partial charge in [-0.1, -0.05) is 0 Å². The van der Waals surface area contributed by atoms with Gasteiger partial charge in [0.25, 0.3) is 5.69 Å². The number of likely N-dealkylation sites (tertiary alicyclic amines) is 1. The number of nitro groups is 1. The summed E-state index contributed by atoms with van der Waals surface area (Å²) >= 11 is 0. The molecule has 0 aliphatic carbocycles. The second-order valence-corrected chi connectivity index (χ2v) is 4.82. The number of non-ortho nitro benzene ring substituents is 1. The standard InChI is InChI=1S/C12H13F3N2O3/c13-12(14,15)9-3-8(4-10(5-9)17(19)20)6-16-2-1-11(18)7-16/h3-5,11,18H,1-2,6-7H2/t11-/m0/s1. The van der Waals surface area contributed by atoms with Crippen molar-refractivity contribution in [2.75, 3.05) is 13.1 Å². The van der Waals surface area contributed by atoms with Gasteiger partial charge in [0.05, 0.1) is 16.6 Å². The molecule has 2 rings (SSSR count). The molecule has 0 radical (unpaired) electrons. The van der Waals surface area contributed by atoms with Gasteiger partial charge in [-0.05, 0) is 18.1 Å². The Morgan fingerprint density at radius 1 is 1.40 bits per heavy atom. The van der Waals surface area contributed by atoms with Crippen molar-refractivity contribution < 1.29 is 23.2 Å². The van der Waals surface area contributed by atoms with E-state index in [2.05, 4.69) is 0 Å². The van der Waals surface area contributed by atoms with Gasteiger partial charge in [-0.3, -0.25) is 15.0 Å². The molecule has 1 aromatic carbocycles. The summed E-state index contributed by atoms with van der Waals surface area (Å²) in [7, 11) is 0. The van der Waals surface area contributed by atoms with Crippen LogP contribution >= 0.6 is 0 Å². The van der Waals surface area contributed by atoms with E-state index < -0.39 is 28.5 Å². The summed E-state index contributed by atoms with van der Waals surface area (Å²) in [5, 5.41) is 20.1. The number of β-amino-alcohol motifs (C(OH)–C–C–N with tert-alkyl or cyclic N) is 1. The minimum atomic E-state index is -4.62. The van der Waals surface area contributed by atoms with E-state index in [0.717, 1.165) is 12.1 Å². The number of rotatable bonds is 3. The number of hydrogen-bond acceptors (Lipinski definition) is 4. The monoisotopic (exact) mass is 290 g/mol. The highest BCUT2D eigenvalue weighted by molar-refractivity contribution is 5.40. The molecule has 110 valence electrons. The SMILES string of the molecule is O=[N+]([O-])c1cc(CN2CC[C@H](O)C2)cc(C(F)(F)F)c1. The third kappa shape index (κ3) is 3.45. The van der Waals surface area contributed by atoms with Crippen molar-refractivity contribution in [2.45, 2.75) is 25.2 Å². The Bertz CT molecular complexity index is 519. The molecule has 0 saturated carbocycles. The molecule has 20 heavy (non-hydrogen) atoms. The zero-order valence-electron chi connectivity index (χ0n) is 10.4. The number of nitro benzene ring substituents is 1. The average Bonchev–Trinajstić information content (AvgIpc) is 2.73. The molecule has 1 aliphatic rings. The van der Waals surface area contributed by atoms with Crippen LogP contribution in [0.4, 0.5) is 18.9 Å². The van der Waals surface area contributed by atoms with Crippen LogP contribution in [-0.2, 0) is 12.7 Å². The van der Waals surface area contributed by atoms with E-state index in [-0.39, 0.29) is 12.1 Å². The van der Waals surface area contributed by atoms with E-state index in [1.807, 2.05) is 0 Å². The van der Waals surface area contributed by atoms with Crippen LogP contribution in [0.3, 0.4) is 0 Å². The topological polar surface area (TPSA) is 66.6 Å². The van der Waals surface area contributed by atoms with Gasteiger partial charge in [-0.15, -0.1) is 0 Å². The van der Waals surface area contributed by atoms with Gasteiger partial charge < -0.3 is 5.11 Å². The van der Waals surface area contributed by atoms with Crippen LogP contribution in [-0.4, -0.2) is 34.1 Å². The van der Waals surface area contributed by atoms with Crippen molar-refractivity contribution in [1.29, 1.82) is 0 Å². The number of aliphatic hydroxyl groups is 1. The second kappa shape index (κ2) is 5.37. The van der Waals surface area contributed by atoms with Crippen molar-refractivity contribution in [3.63, 3.8) is 0 Å². The van der Waals surface area contributed by atoms with Crippen LogP contribution in [0.1, 0.15) is 17.5 Å². The first-order chi connectivity index (χ1) is 9.25. The molecule has 1 atom stereocenters. The summed E-state index contributed by atoms with van der Waals surface area (Å²) in [4.78, 5) is 11.6. The lowest BCUT2D eigenvalue weighted by atomic mass is 10.1. The van der Waals surface area contributed by atoms with Gasteiger partial charge in [0.2, 0.25) is 0 Å². The normalized spacial score (nSPS) is 20.3. The Labute approximate surface area is 112 Å². The van der Waals surface area contributed by atoms with Crippen LogP contribution in [0.5, 0.6) is 0 Å². The molecular weight excluding hydrogens is 277 g/mol. The predicted molar refractivity (Wildman–Crippen MR) is 64.0 cm³/mol. The smallest absolute Gasteiger partial charge is 0.392 e. The summed E-state index contributed by atoms with van der Waals surface area (Å²) in [6.45, 7) is 1.08. The van der Waals surface area contributed by atoms with E-state index in [9.17, 15) is 28.4 Å². The highest BCUT2D eigenvalue weighted by Gasteiger charge is 2.33. The number of aliphatic hydroxyl groups excluding tert-OH is 1. The Morgan fingerprint density at radius 2 is 2.10 bits per heavy atom. The summed E-state index contributed by atoms with van der Waals surface area (Å²) in [5.41, 5.74) is -1.38. The van der Waals surface area contributed by atoms with Gasteiger partial charge in [0, 0.05) is 31.8 Å². The first-order valence-corrected chi connectivity index (χ1v) is 6.01. The molecule has 0 aromatic heterocycles. The van der Waals surface area contributed by atoms with Gasteiger partial charge >= 0.3 is 6.18 Å². The zero-order valence-corrected chi connectivity index (χ0v) is 10.4. The van der Waals surface area contributed by atoms with Crippen LogP contribution in [0.15, 0.2) is 18.2 Å². The Morgan fingerprint density at radius 3 is 2.60 bits per heavy atom. The molecule has 8 heteroatoms. The molecule has 1 saturated heterocycles. The van der Waals surface area contributed by atoms with Gasteiger partial charge in [0.15, 0.2) is 0 Å². The van der Waals surface area contributed by atoms with E-state index in [0.29, 0.717) is 25.6 Å². The Balaban J connectivity index is 2.27. The summed E-state index contributed by atoms with van der Waals surface area (Å²) < 4.78 is 38.1. The summed E-state index contributed by atoms with van der Waals surface area (Å²) in [6, 6.07) is 2.58. The fourth-order valence-corrected chi connectivity index (χ4v) is 2.25. The fraction of sp³-hybridized carbons (Fsp3) is 0.500. The molecular formula is C12H13F3N2O3. The molecule has 0 amide bonds. The lowest BCUT2D eigenvalue weighted by Crippen LogP contribution is -2.21. The lowest BCUT2D eigenvalue weighted by Gasteiger charge is -2.16. The third-order valence-electron chi connectivity index (χ3n) is 3.17. The zero-order chi connectivity index (χ0) is 14.9. The van der Waals surface area contributed by atoms with Crippen LogP contribution < -0.4 is 0 Å². The number of halogens is 3. The van der Waals surface area contributed by atoms with Gasteiger partial charge in [-0.2, -0.15) is 13.2 Å². The number of nitrogens with zero attached hydrogens (tertiary/aromatic N) is 2. The minimum absolute atomic E-state index is 0.155. The average molecular weight is 290 g/mol. The molecule has 0 bridgehead atoms. The lowest BCUT2D eigenvalue weighted by molar-refractivity contribution is -0.385. The fourth-order valence-electron chi connectivity index (χ4n) is 2.25. The van der Waals surface area contributed by atoms with E-state index in [1.165, 1.54) is 0 Å². The first kappa shape index (κ1) is 14.7. The quantitative estimate of drug-likeness (QED) is 0.684. The van der Waals surface area contributed by atoms with E-state index in [1.54, 1.807) is 4.90 Å². The summed E-state index contributed by atoms with van der Waals surface area (Å²) in [5.74, 6) is 0. The van der Waals surface area contributed by atoms with Crippen LogP contribution in [0, 0.1) is 10.1 Å². The van der Waals surface area contributed by atoms with E-state index >= 15 is 0 Å². The summed E-state index contributed by atoms with van der Waals surface area (Å²) in [6.07, 6.45) is -4.55. The van der Waals surface area contributed by atoms with Crippen molar-refractivity contribution in [1.82, 2.24) is 4.90 Å². The van der Waals surface area contributed by atoms with E-state index in [4.69, 9.17) is 0 Å². The van der Waals surface area contributed by atoms with Gasteiger partial charge in [-0.25, -0.2) is 0 Å². The molecule has 1 aliphatic heterocycles. The molecule has 0 spiro atoms. The molecule has 0 unspecified atom stereocenters. The molecule has 5 nitrogen and oxygen atoms in total. The first-order valence-electron chi connectivity index (χ1n) is 6.01. The largest absolute Gasteiger partial charge is 0.416 e. The molecule has 1 aromatic rings. The minimum Gasteiger partial charge on any atom is -0.392 e. The predicted octanol–water partition coefficient (Wildman–Crippen LogP) is 2.18. The third-order valence-corrected chi connectivity index (χ3v) is 3.17. The van der Waals surface area contributed by atoms with Crippen molar-refractivity contribution in [2.24, 2.45) is 0 Å². The van der Waals surface area contributed by atoms with Crippen molar-refractivity contribution in [3.05, 3.63) is 39.4 Å². The Kier molecular flexibility index (Phi) is 3.96. The number of hydrogen-bond donors (Lipinski definition) is 1. The maximum Gasteiger partial charge on any atom is 0.416 e. The number of alkyl halides is 3. The van der Waals surface area contributed by atoms with Gasteiger partial charge in [0.1, 0.15) is 0 Å². The maximum absolute atomic E-state index is 12.7. The maximum atomic E-state index is 12.7. The Hall–Kier alpha value is -1.67. The molecule has 1 fully saturated rings. The number of benzene rings is 1. The van der Waals surface area contributed by atoms with Crippen LogP contribution in [0.25, 0.3) is 0 Å². The van der Waals surface area contributed by atoms with Crippen LogP contribution in [0.2, 0.25) is 0 Å². The van der Waals surface area contributed by atoms with Crippen molar-refractivity contribution in [3.8, 4) is 0 Å². The molecule has 1 heterocycles. The second-order valence-electron chi connectivity index (χ2n) is 4.82. The molecule has 1 N–H and O–H groups in total.